The van der Waals surface area contributed by atoms with E-state index in [-0.39, 0.29) is 0 Å². The van der Waals surface area contributed by atoms with Crippen LogP contribution in [0.5, 0.6) is 0 Å². The van der Waals surface area contributed by atoms with E-state index < -0.39 is 29.6 Å². The average Bonchev–Trinajstić information content (AvgIpc) is 3.09. The molecule has 1 aliphatic carbocycles. The monoisotopic (exact) mass is 523 g/mol. The summed E-state index contributed by atoms with van der Waals surface area (Å²) in [7, 11) is 9.44. The Morgan fingerprint density at radius 1 is 0.800 bits per heavy atom. The van der Waals surface area contributed by atoms with Gasteiger partial charge in [0.05, 0.1) is 8.80 Å². The van der Waals surface area contributed by atoms with Gasteiger partial charge in [0.15, 0.2) is 0 Å². The van der Waals surface area contributed by atoms with Crippen molar-refractivity contribution >= 4 is 53.4 Å². The molecule has 4 aromatic carbocycles. The van der Waals surface area contributed by atoms with Crippen LogP contribution in [-0.2, 0) is 20.8 Å². The first kappa shape index (κ1) is 22.0. The Hall–Kier alpha value is -1.18. The minimum atomic E-state index is -0.826. The van der Waals surface area contributed by atoms with Gasteiger partial charge in [-0.15, -0.1) is 0 Å². The Morgan fingerprint density at radius 2 is 1.37 bits per heavy atom. The Balaban J connectivity index is 0.000000687. The van der Waals surface area contributed by atoms with E-state index in [9.17, 15) is 0 Å². The van der Waals surface area contributed by atoms with Crippen LogP contribution in [0.15, 0.2) is 78.4 Å². The molecule has 0 fully saturated rings. The predicted octanol–water partition coefficient (Wildman–Crippen LogP) is 8.83. The minimum absolute atomic E-state index is 0.423. The number of hydrogen-bond donors (Lipinski definition) is 0. The van der Waals surface area contributed by atoms with E-state index in [2.05, 4.69) is 98.9 Å². The second kappa shape index (κ2) is 9.53. The molecule has 0 aromatic heterocycles. The molecule has 0 aliphatic heterocycles. The van der Waals surface area contributed by atoms with Gasteiger partial charge in [-0.2, -0.15) is 0 Å². The van der Waals surface area contributed by atoms with Gasteiger partial charge in [0.1, 0.15) is 0 Å². The second-order valence-electron chi connectivity index (χ2n) is 7.97. The summed E-state index contributed by atoms with van der Waals surface area (Å²) in [4.78, 5) is 0. The van der Waals surface area contributed by atoms with Crippen molar-refractivity contribution in [2.24, 2.45) is 0 Å². The van der Waals surface area contributed by atoms with E-state index >= 15 is 0 Å². The van der Waals surface area contributed by atoms with Gasteiger partial charge in [0.25, 0.3) is 0 Å². The quantitative estimate of drug-likeness (QED) is 0.181. The topological polar surface area (TPSA) is 0 Å². The van der Waals surface area contributed by atoms with E-state index in [4.69, 9.17) is 17.0 Å². The van der Waals surface area contributed by atoms with Crippen LogP contribution in [0, 0.1) is 0 Å². The molecule has 1 unspecified atom stereocenters. The van der Waals surface area contributed by atoms with Crippen molar-refractivity contribution < 1.29 is 20.8 Å². The van der Waals surface area contributed by atoms with Gasteiger partial charge in [0, 0.05) is 0 Å². The average molecular weight is 526 g/mol. The van der Waals surface area contributed by atoms with Gasteiger partial charge >= 0.3 is 37.9 Å². The number of allylic oxidation sites excluding steroid dienone is 1. The molecule has 0 saturated carbocycles. The van der Waals surface area contributed by atoms with Crippen molar-refractivity contribution in [3.8, 4) is 11.1 Å². The van der Waals surface area contributed by atoms with E-state index in [0.29, 0.717) is 5.54 Å². The summed E-state index contributed by atoms with van der Waals surface area (Å²) in [5, 5.41) is 5.32. The first-order valence-corrected chi connectivity index (χ1v) is 19.0. The van der Waals surface area contributed by atoms with Crippen LogP contribution in [0.3, 0.4) is 0 Å². The molecule has 0 heterocycles. The molecule has 5 rings (SSSR count). The van der Waals surface area contributed by atoms with Gasteiger partial charge < -0.3 is 0 Å². The maximum absolute atomic E-state index is 4.93. The van der Waals surface area contributed by atoms with Crippen molar-refractivity contribution in [2.45, 2.75) is 25.6 Å². The van der Waals surface area contributed by atoms with Gasteiger partial charge in [-0.1, -0.05) is 91.5 Å². The third-order valence-corrected chi connectivity index (χ3v) is 7.82. The molecule has 1 aliphatic rings. The fourth-order valence-electron chi connectivity index (χ4n) is 4.84. The Labute approximate surface area is 199 Å². The molecular weight excluding hydrogens is 503 g/mol. The molecule has 4 heteroatoms. The number of halogens is 2. The number of rotatable bonds is 2. The number of benzene rings is 4. The fourth-order valence-corrected chi connectivity index (χ4v) is 6.71. The number of fused-ring (bicyclic) bond motifs is 3. The van der Waals surface area contributed by atoms with Crippen LogP contribution in [0.4, 0.5) is 0 Å². The standard InChI is InChI=1S/C26H23Si.2ClH.Zr/c1-17-15-24-22(13-8-14-23(24)26(17)27(2)3)25-20-11-6-4-9-18(20)16-19-10-5-7-12-21(19)25;;;/h4-16,26H,1-3H3;2*1H;/q;;;+2/p-2. The summed E-state index contributed by atoms with van der Waals surface area (Å²) < 4.78 is 0. The van der Waals surface area contributed by atoms with Gasteiger partial charge in [0.2, 0.25) is 0 Å². The van der Waals surface area contributed by atoms with Gasteiger partial charge in [-0.3, -0.25) is 0 Å². The third-order valence-electron chi connectivity index (χ3n) is 5.90. The third kappa shape index (κ3) is 4.00. The van der Waals surface area contributed by atoms with Crippen LogP contribution in [0.2, 0.25) is 13.1 Å². The normalized spacial score (nSPS) is 15.0. The summed E-state index contributed by atoms with van der Waals surface area (Å²) in [6.45, 7) is 7.18. The molecule has 1 radical (unpaired) electrons. The van der Waals surface area contributed by atoms with Crippen LogP contribution in [0.1, 0.15) is 23.6 Å². The molecule has 30 heavy (non-hydrogen) atoms. The molecule has 0 N–H and O–H groups in total. The van der Waals surface area contributed by atoms with Crippen molar-refractivity contribution in [3.63, 3.8) is 0 Å². The van der Waals surface area contributed by atoms with E-state index in [1.165, 1.54) is 49.4 Å². The van der Waals surface area contributed by atoms with Crippen molar-refractivity contribution in [2.75, 3.05) is 0 Å². The summed E-state index contributed by atoms with van der Waals surface area (Å²) in [6, 6.07) is 26.9. The van der Waals surface area contributed by atoms with E-state index in [1.54, 1.807) is 0 Å². The molecule has 4 aromatic rings. The molecule has 0 saturated heterocycles. The van der Waals surface area contributed by atoms with Crippen molar-refractivity contribution in [1.29, 1.82) is 0 Å². The van der Waals surface area contributed by atoms with E-state index in [0.717, 1.165) is 0 Å². The predicted molar refractivity (Wildman–Crippen MR) is 132 cm³/mol. The van der Waals surface area contributed by atoms with Crippen molar-refractivity contribution in [3.05, 3.63) is 89.5 Å². The fraction of sp³-hybridized carbons (Fsp3) is 0.154. The Bertz CT molecular complexity index is 1190. The number of hydrogen-bond acceptors (Lipinski definition) is 0. The molecule has 0 amide bonds. The van der Waals surface area contributed by atoms with Gasteiger partial charge in [-0.25, -0.2) is 0 Å². The first-order chi connectivity index (χ1) is 14.6. The summed E-state index contributed by atoms with van der Waals surface area (Å²) in [5.74, 6) is 0. The maximum atomic E-state index is 4.93. The second-order valence-corrected chi connectivity index (χ2v) is 14.4. The zero-order valence-corrected chi connectivity index (χ0v) is 22.3. The Kier molecular flexibility index (Phi) is 7.00. The SMILES string of the molecule is CC1=Cc2c(-c3c4ccccc4cc4ccccc34)cccc2C1[Si](C)C.[Cl][Zr][Cl]. The molecule has 149 valence electrons. The first-order valence-electron chi connectivity index (χ1n) is 10.0. The van der Waals surface area contributed by atoms with Crippen LogP contribution < -0.4 is 0 Å². The molecule has 0 spiro atoms. The summed E-state index contributed by atoms with van der Waals surface area (Å²) in [5.41, 5.74) is 7.89. The van der Waals surface area contributed by atoms with E-state index in [1.807, 2.05) is 0 Å². The molecular formula is C26H23Cl2SiZr. The Morgan fingerprint density at radius 3 is 1.93 bits per heavy atom. The van der Waals surface area contributed by atoms with Gasteiger partial charge in [-0.05, 0) is 62.3 Å². The van der Waals surface area contributed by atoms with Crippen LogP contribution in [0.25, 0.3) is 38.7 Å². The molecule has 1 atom stereocenters. The zero-order valence-electron chi connectivity index (χ0n) is 17.3. The summed E-state index contributed by atoms with van der Waals surface area (Å²) in [6.07, 6.45) is 2.45. The van der Waals surface area contributed by atoms with Crippen LogP contribution in [-0.4, -0.2) is 8.80 Å². The van der Waals surface area contributed by atoms with Crippen molar-refractivity contribution in [1.82, 2.24) is 0 Å². The summed E-state index contributed by atoms with van der Waals surface area (Å²) >= 11 is -0.826. The van der Waals surface area contributed by atoms with Crippen LogP contribution >= 0.6 is 17.0 Å². The molecule has 0 nitrogen and oxygen atoms in total. The molecule has 0 bridgehead atoms. The zero-order chi connectivity index (χ0) is 21.3.